The van der Waals surface area contributed by atoms with Gasteiger partial charge in [0.15, 0.2) is 5.78 Å². The smallest absolute Gasteiger partial charge is 0.170 e. The first kappa shape index (κ1) is 8.57. The van der Waals surface area contributed by atoms with Gasteiger partial charge in [0, 0.05) is 5.92 Å². The maximum atomic E-state index is 12.3. The molecule has 0 amide bonds. The van der Waals surface area contributed by atoms with Crippen molar-refractivity contribution in [1.82, 2.24) is 0 Å². The third kappa shape index (κ3) is 0.902. The van der Waals surface area contributed by atoms with Gasteiger partial charge in [0.05, 0.1) is 11.8 Å². The number of rotatable bonds is 1. The molecular formula is C14H12O2. The van der Waals surface area contributed by atoms with Gasteiger partial charge in [-0.1, -0.05) is 18.2 Å². The van der Waals surface area contributed by atoms with E-state index in [2.05, 4.69) is 18.2 Å². The van der Waals surface area contributed by atoms with Crippen molar-refractivity contribution in [1.29, 1.82) is 0 Å². The lowest BCUT2D eigenvalue weighted by molar-refractivity contribution is -0.118. The normalized spacial score (nSPS) is 39.2. The summed E-state index contributed by atoms with van der Waals surface area (Å²) in [5, 5.41) is 0. The lowest BCUT2D eigenvalue weighted by Crippen LogP contribution is -2.20. The molecule has 4 atom stereocenters. The second kappa shape index (κ2) is 2.76. The Bertz CT molecular complexity index is 507. The van der Waals surface area contributed by atoms with Crippen LogP contribution in [0.3, 0.4) is 0 Å². The fourth-order valence-corrected chi connectivity index (χ4v) is 3.55. The molecule has 4 unspecified atom stereocenters. The summed E-state index contributed by atoms with van der Waals surface area (Å²) in [4.78, 5) is 12.3. The lowest BCUT2D eigenvalue weighted by atomic mass is 9.85. The number of furan rings is 1. The van der Waals surface area contributed by atoms with Crippen LogP contribution < -0.4 is 0 Å². The zero-order valence-corrected chi connectivity index (χ0v) is 8.80. The Morgan fingerprint density at radius 2 is 2.12 bits per heavy atom. The monoisotopic (exact) mass is 212 g/mol. The van der Waals surface area contributed by atoms with Gasteiger partial charge in [-0.15, -0.1) is 0 Å². The van der Waals surface area contributed by atoms with Crippen LogP contribution >= 0.6 is 0 Å². The number of hydrogen-bond donors (Lipinski definition) is 0. The first-order chi connectivity index (χ1) is 7.84. The number of ketones is 1. The average Bonchev–Trinajstić information content (AvgIpc) is 2.97. The van der Waals surface area contributed by atoms with Crippen molar-refractivity contribution in [3.63, 3.8) is 0 Å². The standard InChI is InChI=1S/C14H12O2/c15-14-11(12-2-1-5-16-12)7-10-8-3-4-9(6-8)13(10)14/h1-5,7-10,13H,6H2. The predicted octanol–water partition coefficient (Wildman–Crippen LogP) is 2.68. The highest BCUT2D eigenvalue weighted by Gasteiger charge is 2.51. The second-order valence-corrected chi connectivity index (χ2v) is 4.97. The molecule has 2 heteroatoms. The van der Waals surface area contributed by atoms with E-state index in [1.165, 1.54) is 6.42 Å². The Morgan fingerprint density at radius 1 is 1.25 bits per heavy atom. The van der Waals surface area contributed by atoms with E-state index >= 15 is 0 Å². The molecule has 0 saturated heterocycles. The second-order valence-electron chi connectivity index (χ2n) is 4.97. The van der Waals surface area contributed by atoms with Gasteiger partial charge in [0.25, 0.3) is 0 Å². The molecule has 0 aliphatic heterocycles. The van der Waals surface area contributed by atoms with E-state index in [0.29, 0.717) is 17.8 Å². The lowest BCUT2D eigenvalue weighted by Gasteiger charge is -2.17. The highest BCUT2D eigenvalue weighted by molar-refractivity contribution is 6.23. The van der Waals surface area contributed by atoms with Crippen molar-refractivity contribution >= 4 is 11.4 Å². The van der Waals surface area contributed by atoms with Crippen LogP contribution in [-0.4, -0.2) is 5.78 Å². The fourth-order valence-electron chi connectivity index (χ4n) is 3.55. The SMILES string of the molecule is O=C1C(c2ccco2)=CC2C3C=CC(C3)C12. The van der Waals surface area contributed by atoms with E-state index in [0.717, 1.165) is 11.3 Å². The molecule has 1 aromatic heterocycles. The molecule has 0 radical (unpaired) electrons. The van der Waals surface area contributed by atoms with Crippen molar-refractivity contribution in [3.05, 3.63) is 42.4 Å². The Hall–Kier alpha value is -1.57. The molecule has 2 bridgehead atoms. The average molecular weight is 212 g/mol. The zero-order valence-electron chi connectivity index (χ0n) is 8.80. The van der Waals surface area contributed by atoms with E-state index < -0.39 is 0 Å². The Kier molecular flexibility index (Phi) is 1.48. The van der Waals surface area contributed by atoms with Gasteiger partial charge in [-0.25, -0.2) is 0 Å². The van der Waals surface area contributed by atoms with E-state index in [-0.39, 0.29) is 11.7 Å². The van der Waals surface area contributed by atoms with Crippen molar-refractivity contribution in [2.75, 3.05) is 0 Å². The number of carbonyl (C=O) groups excluding carboxylic acids is 1. The highest BCUT2D eigenvalue weighted by Crippen LogP contribution is 2.54. The molecule has 4 rings (SSSR count). The molecule has 0 spiro atoms. The summed E-state index contributed by atoms with van der Waals surface area (Å²) in [6, 6.07) is 3.71. The molecule has 3 aliphatic carbocycles. The number of carbonyl (C=O) groups is 1. The van der Waals surface area contributed by atoms with Crippen LogP contribution in [0, 0.1) is 23.7 Å². The maximum Gasteiger partial charge on any atom is 0.170 e. The molecule has 1 heterocycles. The van der Waals surface area contributed by atoms with Gasteiger partial charge in [-0.05, 0) is 36.3 Å². The minimum atomic E-state index is 0.204. The van der Waals surface area contributed by atoms with Crippen LogP contribution in [0.1, 0.15) is 12.2 Å². The van der Waals surface area contributed by atoms with E-state index in [4.69, 9.17) is 4.42 Å². The quantitative estimate of drug-likeness (QED) is 0.670. The largest absolute Gasteiger partial charge is 0.464 e. The molecule has 1 fully saturated rings. The molecular weight excluding hydrogens is 200 g/mol. The van der Waals surface area contributed by atoms with Crippen LogP contribution in [-0.2, 0) is 4.79 Å². The first-order valence-electron chi connectivity index (χ1n) is 5.83. The molecule has 2 nitrogen and oxygen atoms in total. The zero-order chi connectivity index (χ0) is 10.7. The highest BCUT2D eigenvalue weighted by atomic mass is 16.3. The summed E-state index contributed by atoms with van der Waals surface area (Å²) in [7, 11) is 0. The first-order valence-corrected chi connectivity index (χ1v) is 5.83. The molecule has 16 heavy (non-hydrogen) atoms. The summed E-state index contributed by atoms with van der Waals surface area (Å²) in [5.41, 5.74) is 0.804. The Balaban J connectivity index is 1.78. The summed E-state index contributed by atoms with van der Waals surface area (Å²) in [5.74, 6) is 2.73. The van der Waals surface area contributed by atoms with Gasteiger partial charge in [-0.2, -0.15) is 0 Å². The summed E-state index contributed by atoms with van der Waals surface area (Å²) in [6.45, 7) is 0. The summed E-state index contributed by atoms with van der Waals surface area (Å²) in [6.07, 6.45) is 9.44. The minimum Gasteiger partial charge on any atom is -0.464 e. The van der Waals surface area contributed by atoms with Crippen LogP contribution in [0.4, 0.5) is 0 Å². The van der Waals surface area contributed by atoms with Crippen molar-refractivity contribution in [2.45, 2.75) is 6.42 Å². The van der Waals surface area contributed by atoms with Crippen molar-refractivity contribution < 1.29 is 9.21 Å². The van der Waals surface area contributed by atoms with Crippen LogP contribution in [0.5, 0.6) is 0 Å². The minimum absolute atomic E-state index is 0.204. The number of allylic oxidation sites excluding steroid dienone is 4. The molecule has 1 saturated carbocycles. The molecule has 1 aromatic rings. The predicted molar refractivity (Wildman–Crippen MR) is 59.4 cm³/mol. The summed E-state index contributed by atoms with van der Waals surface area (Å²) < 4.78 is 5.33. The maximum absolute atomic E-state index is 12.3. The molecule has 0 aromatic carbocycles. The Morgan fingerprint density at radius 3 is 2.88 bits per heavy atom. The van der Waals surface area contributed by atoms with Crippen molar-refractivity contribution in [3.8, 4) is 0 Å². The Labute approximate surface area is 93.6 Å². The molecule has 0 N–H and O–H groups in total. The van der Waals surface area contributed by atoms with Gasteiger partial charge in [-0.3, -0.25) is 4.79 Å². The third-order valence-electron chi connectivity index (χ3n) is 4.23. The number of Topliss-reactive ketones (excluding diaryl/α,β-unsaturated/α-hetero) is 1. The van der Waals surface area contributed by atoms with Gasteiger partial charge in [0.1, 0.15) is 5.76 Å². The summed E-state index contributed by atoms with van der Waals surface area (Å²) >= 11 is 0. The molecule has 80 valence electrons. The fraction of sp³-hybridized carbons (Fsp3) is 0.357. The topological polar surface area (TPSA) is 30.2 Å². The van der Waals surface area contributed by atoms with E-state index in [1.807, 2.05) is 12.1 Å². The van der Waals surface area contributed by atoms with Crippen LogP contribution in [0.15, 0.2) is 41.0 Å². The van der Waals surface area contributed by atoms with E-state index in [1.54, 1.807) is 6.26 Å². The van der Waals surface area contributed by atoms with Gasteiger partial charge < -0.3 is 4.42 Å². The number of fused-ring (bicyclic) bond motifs is 5. The molecule has 3 aliphatic rings. The third-order valence-corrected chi connectivity index (χ3v) is 4.23. The van der Waals surface area contributed by atoms with Crippen LogP contribution in [0.25, 0.3) is 5.57 Å². The van der Waals surface area contributed by atoms with Gasteiger partial charge >= 0.3 is 0 Å². The number of hydrogen-bond acceptors (Lipinski definition) is 2. The van der Waals surface area contributed by atoms with Crippen LogP contribution in [0.2, 0.25) is 0 Å². The van der Waals surface area contributed by atoms with E-state index in [9.17, 15) is 4.79 Å². The van der Waals surface area contributed by atoms with Gasteiger partial charge in [0.2, 0.25) is 0 Å². The van der Waals surface area contributed by atoms with Crippen molar-refractivity contribution in [2.24, 2.45) is 23.7 Å².